The molecule has 5 heteroatoms. The van der Waals surface area contributed by atoms with E-state index in [2.05, 4.69) is 128 Å². The minimum atomic E-state index is 0.683. The number of fused-ring (bicyclic) bond motifs is 3. The number of aromatic nitrogens is 1. The molecule has 1 heterocycles. The van der Waals surface area contributed by atoms with Gasteiger partial charge in [-0.25, -0.2) is 0 Å². The third kappa shape index (κ3) is 5.96. The van der Waals surface area contributed by atoms with Crippen molar-refractivity contribution >= 4 is 21.8 Å². The maximum absolute atomic E-state index is 5.86. The maximum Gasteiger partial charge on any atom is 0.119 e. The van der Waals surface area contributed by atoms with E-state index in [4.69, 9.17) is 9.47 Å². The Morgan fingerprint density at radius 3 is 1.27 bits per heavy atom. The summed E-state index contributed by atoms with van der Waals surface area (Å²) < 4.78 is 11.7. The zero-order valence-electron chi connectivity index (χ0n) is 22.1. The van der Waals surface area contributed by atoms with Crippen LogP contribution in [-0.2, 0) is 0 Å². The molecule has 0 fully saturated rings. The van der Waals surface area contributed by atoms with Crippen LogP contribution in [0.5, 0.6) is 11.5 Å². The third-order valence-corrected chi connectivity index (χ3v) is 6.59. The molecular weight excluding hydrogens is 458 g/mol. The molecule has 0 bridgehead atoms. The lowest BCUT2D eigenvalue weighted by Gasteiger charge is -2.11. The van der Waals surface area contributed by atoms with Crippen LogP contribution in [0.15, 0.2) is 84.9 Å². The average molecular weight is 494 g/mol. The van der Waals surface area contributed by atoms with Crippen molar-refractivity contribution in [3.05, 3.63) is 84.9 Å². The van der Waals surface area contributed by atoms with Crippen LogP contribution in [0, 0.1) is 0 Å². The fourth-order valence-corrected chi connectivity index (χ4v) is 4.44. The van der Waals surface area contributed by atoms with Gasteiger partial charge >= 0.3 is 0 Å². The van der Waals surface area contributed by atoms with Gasteiger partial charge in [-0.3, -0.25) is 0 Å². The molecule has 1 aromatic heterocycles. The fraction of sp³-hybridized carbons (Fsp3) is 0.250. The maximum atomic E-state index is 5.86. The molecule has 0 aliphatic rings. The predicted molar refractivity (Wildman–Crippen MR) is 155 cm³/mol. The second kappa shape index (κ2) is 11.1. The highest BCUT2D eigenvalue weighted by atomic mass is 16.5. The van der Waals surface area contributed by atoms with Crippen molar-refractivity contribution in [1.29, 1.82) is 0 Å². The molecule has 0 atom stereocenters. The largest absolute Gasteiger partial charge is 0.492 e. The molecule has 0 aliphatic carbocycles. The van der Waals surface area contributed by atoms with Crippen LogP contribution in [0.25, 0.3) is 44.1 Å². The molecule has 5 aromatic rings. The standard InChI is InChI=1S/C32H35N3O2/c1-34(2)17-19-36-27-11-5-23(6-12-27)25-9-15-31-29(21-25)30-22-26(10-16-32(30)33-31)24-7-13-28(14-8-24)37-20-18-35(3)4/h5-16,21-22,33H,17-20H2,1-4H3. The van der Waals surface area contributed by atoms with Crippen LogP contribution in [0.1, 0.15) is 0 Å². The second-order valence-corrected chi connectivity index (χ2v) is 10.00. The van der Waals surface area contributed by atoms with Crippen LogP contribution in [-0.4, -0.2) is 69.3 Å². The zero-order valence-corrected chi connectivity index (χ0v) is 22.1. The molecule has 5 nitrogen and oxygen atoms in total. The van der Waals surface area contributed by atoms with Crippen LogP contribution < -0.4 is 9.47 Å². The zero-order chi connectivity index (χ0) is 25.8. The average Bonchev–Trinajstić information content (AvgIpc) is 3.26. The Bertz CT molecular complexity index is 1360. The van der Waals surface area contributed by atoms with Gasteiger partial charge < -0.3 is 24.3 Å². The quantitative estimate of drug-likeness (QED) is 0.240. The van der Waals surface area contributed by atoms with Crippen molar-refractivity contribution in [3.8, 4) is 33.8 Å². The van der Waals surface area contributed by atoms with Crippen LogP contribution in [0.4, 0.5) is 0 Å². The number of H-pyrrole nitrogens is 1. The third-order valence-electron chi connectivity index (χ3n) is 6.59. The molecule has 0 radical (unpaired) electrons. The number of ether oxygens (including phenoxy) is 2. The Hall–Kier alpha value is -3.80. The van der Waals surface area contributed by atoms with E-state index in [1.54, 1.807) is 0 Å². The lowest BCUT2D eigenvalue weighted by molar-refractivity contribution is 0.261. The number of hydrogen-bond acceptors (Lipinski definition) is 4. The summed E-state index contributed by atoms with van der Waals surface area (Å²) in [6, 6.07) is 30.0. The van der Waals surface area contributed by atoms with Gasteiger partial charge in [0.15, 0.2) is 0 Å². The lowest BCUT2D eigenvalue weighted by Crippen LogP contribution is -2.19. The Kier molecular flexibility index (Phi) is 7.45. The first-order valence-corrected chi connectivity index (χ1v) is 12.8. The summed E-state index contributed by atoms with van der Waals surface area (Å²) in [4.78, 5) is 7.81. The number of rotatable bonds is 10. The van der Waals surface area contributed by atoms with E-state index in [1.165, 1.54) is 33.0 Å². The second-order valence-electron chi connectivity index (χ2n) is 10.00. The topological polar surface area (TPSA) is 40.7 Å². The number of likely N-dealkylation sites (N-methyl/N-ethyl adjacent to an activating group) is 2. The fourth-order valence-electron chi connectivity index (χ4n) is 4.44. The number of nitrogens with zero attached hydrogens (tertiary/aromatic N) is 2. The van der Waals surface area contributed by atoms with Gasteiger partial charge in [-0.1, -0.05) is 36.4 Å². The van der Waals surface area contributed by atoms with Gasteiger partial charge in [-0.05, 0) is 99.0 Å². The summed E-state index contributed by atoms with van der Waals surface area (Å²) in [6.07, 6.45) is 0. The molecule has 0 unspecified atom stereocenters. The summed E-state index contributed by atoms with van der Waals surface area (Å²) in [7, 11) is 8.20. The minimum Gasteiger partial charge on any atom is -0.492 e. The predicted octanol–water partition coefficient (Wildman–Crippen LogP) is 6.54. The highest BCUT2D eigenvalue weighted by Gasteiger charge is 2.09. The molecule has 1 N–H and O–H groups in total. The van der Waals surface area contributed by atoms with E-state index in [9.17, 15) is 0 Å². The Balaban J connectivity index is 1.38. The van der Waals surface area contributed by atoms with Gasteiger partial charge in [-0.2, -0.15) is 0 Å². The van der Waals surface area contributed by atoms with E-state index in [-0.39, 0.29) is 0 Å². The van der Waals surface area contributed by atoms with Crippen LogP contribution in [0.3, 0.4) is 0 Å². The van der Waals surface area contributed by atoms with Crippen molar-refractivity contribution in [2.24, 2.45) is 0 Å². The van der Waals surface area contributed by atoms with Crippen molar-refractivity contribution in [3.63, 3.8) is 0 Å². The van der Waals surface area contributed by atoms with Crippen LogP contribution in [0.2, 0.25) is 0 Å². The first-order chi connectivity index (χ1) is 18.0. The smallest absolute Gasteiger partial charge is 0.119 e. The summed E-state index contributed by atoms with van der Waals surface area (Å²) in [5, 5.41) is 2.45. The molecule has 0 saturated heterocycles. The molecule has 0 amide bonds. The molecule has 0 aliphatic heterocycles. The first-order valence-electron chi connectivity index (χ1n) is 12.8. The number of aromatic amines is 1. The van der Waals surface area contributed by atoms with Gasteiger partial charge in [-0.15, -0.1) is 0 Å². The van der Waals surface area contributed by atoms with Gasteiger partial charge in [0, 0.05) is 34.9 Å². The molecule has 190 valence electrons. The van der Waals surface area contributed by atoms with Crippen molar-refractivity contribution in [1.82, 2.24) is 14.8 Å². The number of benzene rings is 4. The summed E-state index contributed by atoms with van der Waals surface area (Å²) in [5.74, 6) is 1.80. The summed E-state index contributed by atoms with van der Waals surface area (Å²) in [5.41, 5.74) is 7.03. The van der Waals surface area contributed by atoms with E-state index in [0.29, 0.717) is 13.2 Å². The highest BCUT2D eigenvalue weighted by molar-refractivity contribution is 6.09. The van der Waals surface area contributed by atoms with Gasteiger partial charge in [0.05, 0.1) is 0 Å². The van der Waals surface area contributed by atoms with E-state index < -0.39 is 0 Å². The summed E-state index contributed by atoms with van der Waals surface area (Å²) in [6.45, 7) is 3.16. The van der Waals surface area contributed by atoms with Gasteiger partial charge in [0.1, 0.15) is 24.7 Å². The first kappa shape index (κ1) is 24.9. The van der Waals surface area contributed by atoms with E-state index >= 15 is 0 Å². The Labute approximate surface area is 219 Å². The molecule has 0 saturated carbocycles. The molecule has 37 heavy (non-hydrogen) atoms. The number of hydrogen-bond donors (Lipinski definition) is 1. The SMILES string of the molecule is CN(C)CCOc1ccc(-c2ccc3[nH]c4ccc(-c5ccc(OCCN(C)C)cc5)cc4c3c2)cc1. The number of nitrogens with one attached hydrogen (secondary N) is 1. The molecular formula is C32H35N3O2. The van der Waals surface area contributed by atoms with E-state index in [0.717, 1.165) is 35.6 Å². The molecule has 0 spiro atoms. The molecule has 5 rings (SSSR count). The normalized spacial score (nSPS) is 11.6. The van der Waals surface area contributed by atoms with Crippen molar-refractivity contribution in [2.75, 3.05) is 54.5 Å². The molecule has 4 aromatic carbocycles. The lowest BCUT2D eigenvalue weighted by atomic mass is 10.00. The van der Waals surface area contributed by atoms with Crippen molar-refractivity contribution in [2.45, 2.75) is 0 Å². The minimum absolute atomic E-state index is 0.683. The van der Waals surface area contributed by atoms with Crippen LogP contribution >= 0.6 is 0 Å². The van der Waals surface area contributed by atoms with Crippen molar-refractivity contribution < 1.29 is 9.47 Å². The Morgan fingerprint density at radius 1 is 0.514 bits per heavy atom. The Morgan fingerprint density at radius 2 is 0.892 bits per heavy atom. The van der Waals surface area contributed by atoms with Gasteiger partial charge in [0.2, 0.25) is 0 Å². The highest BCUT2D eigenvalue weighted by Crippen LogP contribution is 2.33. The summed E-state index contributed by atoms with van der Waals surface area (Å²) >= 11 is 0. The van der Waals surface area contributed by atoms with Gasteiger partial charge in [0.25, 0.3) is 0 Å². The van der Waals surface area contributed by atoms with E-state index in [1.807, 2.05) is 0 Å². The monoisotopic (exact) mass is 493 g/mol.